The van der Waals surface area contributed by atoms with E-state index in [0.29, 0.717) is 0 Å². The van der Waals surface area contributed by atoms with Gasteiger partial charge in [-0.15, -0.1) is 0 Å². The molecule has 0 bridgehead atoms. The van der Waals surface area contributed by atoms with Crippen molar-refractivity contribution in [1.82, 2.24) is 5.32 Å². The van der Waals surface area contributed by atoms with Crippen molar-refractivity contribution in [2.24, 2.45) is 5.92 Å². The average Bonchev–Trinajstić information content (AvgIpc) is 2.97. The summed E-state index contributed by atoms with van der Waals surface area (Å²) >= 11 is 0. The van der Waals surface area contributed by atoms with Crippen molar-refractivity contribution in [3.8, 4) is 0 Å². The first-order chi connectivity index (χ1) is 9.77. The van der Waals surface area contributed by atoms with Crippen molar-refractivity contribution in [3.63, 3.8) is 0 Å². The van der Waals surface area contributed by atoms with Crippen LogP contribution in [0.3, 0.4) is 0 Å². The molecule has 0 saturated carbocycles. The zero-order chi connectivity index (χ0) is 14.2. The van der Waals surface area contributed by atoms with Gasteiger partial charge in [0.15, 0.2) is 0 Å². The Labute approximate surface area is 122 Å². The second-order valence-electron chi connectivity index (χ2n) is 5.70. The van der Waals surface area contributed by atoms with E-state index in [1.54, 1.807) is 6.26 Å². The summed E-state index contributed by atoms with van der Waals surface area (Å²) in [6.07, 6.45) is 5.54. The van der Waals surface area contributed by atoms with Crippen LogP contribution < -0.4 is 5.32 Å². The van der Waals surface area contributed by atoms with Crippen LogP contribution in [0.5, 0.6) is 0 Å². The fourth-order valence-corrected chi connectivity index (χ4v) is 2.41. The van der Waals surface area contributed by atoms with Gasteiger partial charge in [-0.25, -0.2) is 0 Å². The van der Waals surface area contributed by atoms with Crippen molar-refractivity contribution >= 4 is 0 Å². The van der Waals surface area contributed by atoms with Crippen LogP contribution in [0.2, 0.25) is 0 Å². The first kappa shape index (κ1) is 14.9. The van der Waals surface area contributed by atoms with E-state index in [2.05, 4.69) is 43.4 Å². The van der Waals surface area contributed by atoms with Gasteiger partial charge in [-0.05, 0) is 36.6 Å². The van der Waals surface area contributed by atoms with Crippen molar-refractivity contribution in [3.05, 3.63) is 60.1 Å². The molecule has 0 fully saturated rings. The standard InChI is InChI=1S/C18H25NO/c1-15(2)9-6-7-13-19-18(17-12-8-14-20-17)16-10-4-3-5-11-16/h3-5,8,10-12,14-15,18-19H,6-7,9,13H2,1-2H3. The average molecular weight is 271 g/mol. The van der Waals surface area contributed by atoms with Gasteiger partial charge < -0.3 is 9.73 Å². The van der Waals surface area contributed by atoms with Crippen LogP contribution in [0.4, 0.5) is 0 Å². The van der Waals surface area contributed by atoms with Crippen LogP contribution in [0.1, 0.15) is 50.5 Å². The van der Waals surface area contributed by atoms with Crippen LogP contribution in [0.25, 0.3) is 0 Å². The molecule has 0 saturated heterocycles. The summed E-state index contributed by atoms with van der Waals surface area (Å²) in [4.78, 5) is 0. The molecule has 0 radical (unpaired) electrons. The fourth-order valence-electron chi connectivity index (χ4n) is 2.41. The van der Waals surface area contributed by atoms with Crippen LogP contribution in [0.15, 0.2) is 53.1 Å². The quantitative estimate of drug-likeness (QED) is 0.699. The molecule has 2 rings (SSSR count). The molecule has 0 aliphatic rings. The van der Waals surface area contributed by atoms with E-state index in [0.717, 1.165) is 18.2 Å². The third-order valence-electron chi connectivity index (χ3n) is 3.52. The Balaban J connectivity index is 1.91. The van der Waals surface area contributed by atoms with Crippen LogP contribution in [-0.2, 0) is 0 Å². The lowest BCUT2D eigenvalue weighted by Crippen LogP contribution is -2.23. The molecule has 0 aliphatic carbocycles. The summed E-state index contributed by atoms with van der Waals surface area (Å²) in [5, 5.41) is 3.62. The van der Waals surface area contributed by atoms with Crippen LogP contribution in [0, 0.1) is 5.92 Å². The number of furan rings is 1. The second kappa shape index (κ2) is 7.91. The molecule has 2 nitrogen and oxygen atoms in total. The molecule has 2 aromatic rings. The van der Waals surface area contributed by atoms with Crippen molar-refractivity contribution in [2.45, 2.75) is 39.2 Å². The third kappa shape index (κ3) is 4.53. The van der Waals surface area contributed by atoms with Crippen LogP contribution >= 0.6 is 0 Å². The normalized spacial score (nSPS) is 12.8. The predicted molar refractivity (Wildman–Crippen MR) is 83.7 cm³/mol. The maximum atomic E-state index is 5.58. The minimum Gasteiger partial charge on any atom is -0.467 e. The van der Waals surface area contributed by atoms with Crippen molar-refractivity contribution in [1.29, 1.82) is 0 Å². The molecule has 1 N–H and O–H groups in total. The highest BCUT2D eigenvalue weighted by Crippen LogP contribution is 2.22. The van der Waals surface area contributed by atoms with E-state index < -0.39 is 0 Å². The maximum absolute atomic E-state index is 5.58. The first-order valence-electron chi connectivity index (χ1n) is 7.59. The summed E-state index contributed by atoms with van der Waals surface area (Å²) in [5.74, 6) is 1.78. The van der Waals surface area contributed by atoms with E-state index in [1.807, 2.05) is 18.2 Å². The molecule has 1 aromatic heterocycles. The van der Waals surface area contributed by atoms with E-state index in [1.165, 1.54) is 24.8 Å². The molecule has 0 aliphatic heterocycles. The van der Waals surface area contributed by atoms with Crippen molar-refractivity contribution in [2.75, 3.05) is 6.54 Å². The van der Waals surface area contributed by atoms with Gasteiger partial charge in [0.25, 0.3) is 0 Å². The minimum atomic E-state index is 0.158. The number of hydrogen-bond acceptors (Lipinski definition) is 2. The molecule has 20 heavy (non-hydrogen) atoms. The monoisotopic (exact) mass is 271 g/mol. The minimum absolute atomic E-state index is 0.158. The van der Waals surface area contributed by atoms with Gasteiger partial charge in [0.1, 0.15) is 5.76 Å². The Bertz CT molecular complexity index is 461. The Kier molecular flexibility index (Phi) is 5.87. The molecule has 108 valence electrons. The highest BCUT2D eigenvalue weighted by Gasteiger charge is 2.15. The largest absolute Gasteiger partial charge is 0.467 e. The zero-order valence-corrected chi connectivity index (χ0v) is 12.5. The molecule has 1 heterocycles. The molecular weight excluding hydrogens is 246 g/mol. The van der Waals surface area contributed by atoms with E-state index in [9.17, 15) is 0 Å². The van der Waals surface area contributed by atoms with Gasteiger partial charge in [0.2, 0.25) is 0 Å². The second-order valence-corrected chi connectivity index (χ2v) is 5.70. The molecular formula is C18H25NO. The third-order valence-corrected chi connectivity index (χ3v) is 3.52. The summed E-state index contributed by atoms with van der Waals surface area (Å²) in [5.41, 5.74) is 1.26. The lowest BCUT2D eigenvalue weighted by molar-refractivity contribution is 0.436. The van der Waals surface area contributed by atoms with Gasteiger partial charge in [0.05, 0.1) is 12.3 Å². The van der Waals surface area contributed by atoms with Crippen molar-refractivity contribution < 1.29 is 4.42 Å². The number of nitrogens with one attached hydrogen (secondary N) is 1. The molecule has 2 heteroatoms. The number of hydrogen-bond donors (Lipinski definition) is 1. The van der Waals surface area contributed by atoms with Gasteiger partial charge in [0, 0.05) is 0 Å². The molecule has 1 unspecified atom stereocenters. The lowest BCUT2D eigenvalue weighted by Gasteiger charge is -2.17. The van der Waals surface area contributed by atoms with E-state index in [-0.39, 0.29) is 6.04 Å². The summed E-state index contributed by atoms with van der Waals surface area (Å²) in [6.45, 7) is 5.58. The lowest BCUT2D eigenvalue weighted by atomic mass is 10.0. The highest BCUT2D eigenvalue weighted by atomic mass is 16.3. The zero-order valence-electron chi connectivity index (χ0n) is 12.5. The first-order valence-corrected chi connectivity index (χ1v) is 7.59. The van der Waals surface area contributed by atoms with Gasteiger partial charge >= 0.3 is 0 Å². The number of rotatable bonds is 8. The molecule has 1 atom stereocenters. The maximum Gasteiger partial charge on any atom is 0.125 e. The Hall–Kier alpha value is -1.54. The molecule has 0 spiro atoms. The fraction of sp³-hybridized carbons (Fsp3) is 0.444. The summed E-state index contributed by atoms with van der Waals surface area (Å²) in [7, 11) is 0. The van der Waals surface area contributed by atoms with Gasteiger partial charge in [-0.2, -0.15) is 0 Å². The summed E-state index contributed by atoms with van der Waals surface area (Å²) < 4.78 is 5.58. The van der Waals surface area contributed by atoms with E-state index >= 15 is 0 Å². The number of benzene rings is 1. The van der Waals surface area contributed by atoms with Crippen LogP contribution in [-0.4, -0.2) is 6.54 Å². The number of unbranched alkanes of at least 4 members (excludes halogenated alkanes) is 1. The van der Waals surface area contributed by atoms with Gasteiger partial charge in [-0.1, -0.05) is 57.0 Å². The molecule has 1 aromatic carbocycles. The highest BCUT2D eigenvalue weighted by molar-refractivity contribution is 5.26. The summed E-state index contributed by atoms with van der Waals surface area (Å²) in [6, 6.07) is 14.6. The SMILES string of the molecule is CC(C)CCCCNC(c1ccccc1)c1ccco1. The predicted octanol–water partition coefficient (Wildman–Crippen LogP) is 4.78. The molecule has 0 amide bonds. The Morgan fingerprint density at radius 3 is 2.45 bits per heavy atom. The topological polar surface area (TPSA) is 25.2 Å². The van der Waals surface area contributed by atoms with Gasteiger partial charge in [-0.3, -0.25) is 0 Å². The Morgan fingerprint density at radius 2 is 1.80 bits per heavy atom. The smallest absolute Gasteiger partial charge is 0.125 e. The van der Waals surface area contributed by atoms with E-state index in [4.69, 9.17) is 4.42 Å². The Morgan fingerprint density at radius 1 is 1.00 bits per heavy atom.